The van der Waals surface area contributed by atoms with Crippen LogP contribution in [0.5, 0.6) is 0 Å². The molecule has 0 amide bonds. The minimum absolute atomic E-state index is 0.105. The van der Waals surface area contributed by atoms with Crippen molar-refractivity contribution >= 4 is 11.6 Å². The molecule has 3 heteroatoms. The van der Waals surface area contributed by atoms with E-state index in [-0.39, 0.29) is 17.1 Å². The zero-order chi connectivity index (χ0) is 12.1. The summed E-state index contributed by atoms with van der Waals surface area (Å²) < 4.78 is 4.95. The van der Waals surface area contributed by atoms with Gasteiger partial charge >= 0.3 is 0 Å². The van der Waals surface area contributed by atoms with Crippen molar-refractivity contribution in [2.45, 2.75) is 13.8 Å². The van der Waals surface area contributed by atoms with Gasteiger partial charge in [0.1, 0.15) is 11.3 Å². The van der Waals surface area contributed by atoms with Crippen LogP contribution in [-0.4, -0.2) is 18.7 Å². The van der Waals surface area contributed by atoms with Crippen LogP contribution in [0.4, 0.5) is 0 Å². The molecule has 0 aromatic heterocycles. The first-order valence-corrected chi connectivity index (χ1v) is 4.93. The minimum atomic E-state index is -0.299. The van der Waals surface area contributed by atoms with Crippen molar-refractivity contribution in [3.63, 3.8) is 0 Å². The Balaban J connectivity index is 3.18. The lowest BCUT2D eigenvalue weighted by Crippen LogP contribution is -2.13. The number of carbonyl (C=O) groups is 2. The van der Waals surface area contributed by atoms with Crippen molar-refractivity contribution in [2.75, 3.05) is 7.11 Å². The van der Waals surface area contributed by atoms with Gasteiger partial charge in [-0.2, -0.15) is 0 Å². The van der Waals surface area contributed by atoms with Crippen molar-refractivity contribution in [3.05, 3.63) is 47.2 Å². The Kier molecular flexibility index (Phi) is 4.00. The second-order valence-electron chi connectivity index (χ2n) is 3.39. The Morgan fingerprint density at radius 3 is 2.06 bits per heavy atom. The highest BCUT2D eigenvalue weighted by Gasteiger charge is 2.19. The first kappa shape index (κ1) is 12.2. The van der Waals surface area contributed by atoms with E-state index < -0.39 is 0 Å². The number of methoxy groups -OCH3 is 1. The molecular formula is C13H14O3. The third-order valence-electron chi connectivity index (χ3n) is 2.27. The number of hydrogen-bond donors (Lipinski definition) is 0. The molecule has 1 aromatic rings. The second-order valence-corrected chi connectivity index (χ2v) is 3.39. The molecule has 0 spiro atoms. The van der Waals surface area contributed by atoms with Crippen molar-refractivity contribution in [3.8, 4) is 0 Å². The Bertz CT molecular complexity index is 430. The number of carbonyl (C=O) groups excluding carboxylic acids is 2. The molecule has 0 aliphatic heterocycles. The van der Waals surface area contributed by atoms with Crippen molar-refractivity contribution < 1.29 is 14.3 Å². The van der Waals surface area contributed by atoms with E-state index in [0.29, 0.717) is 11.3 Å². The third kappa shape index (κ3) is 2.57. The van der Waals surface area contributed by atoms with Gasteiger partial charge in [-0.3, -0.25) is 9.59 Å². The molecule has 16 heavy (non-hydrogen) atoms. The Morgan fingerprint density at radius 2 is 1.62 bits per heavy atom. The van der Waals surface area contributed by atoms with Gasteiger partial charge in [-0.05, 0) is 13.8 Å². The summed E-state index contributed by atoms with van der Waals surface area (Å²) in [6, 6.07) is 8.68. The van der Waals surface area contributed by atoms with Gasteiger partial charge in [-0.15, -0.1) is 0 Å². The number of benzene rings is 1. The maximum atomic E-state index is 12.0. The van der Waals surface area contributed by atoms with Gasteiger partial charge in [0.25, 0.3) is 0 Å². The maximum absolute atomic E-state index is 12.0. The fourth-order valence-corrected chi connectivity index (χ4v) is 1.40. The number of hydrogen-bond acceptors (Lipinski definition) is 3. The lowest BCUT2D eigenvalue weighted by molar-refractivity contribution is -0.113. The smallest absolute Gasteiger partial charge is 0.199 e. The largest absolute Gasteiger partial charge is 0.500 e. The molecule has 0 fully saturated rings. The van der Waals surface area contributed by atoms with Gasteiger partial charge < -0.3 is 4.74 Å². The summed E-state index contributed by atoms with van der Waals surface area (Å²) in [5.74, 6) is -0.234. The molecule has 0 aliphatic carbocycles. The fourth-order valence-electron chi connectivity index (χ4n) is 1.40. The Hall–Kier alpha value is -1.90. The van der Waals surface area contributed by atoms with Crippen LogP contribution in [0.3, 0.4) is 0 Å². The molecule has 84 valence electrons. The zero-order valence-corrected chi connectivity index (χ0v) is 9.61. The molecule has 0 radical (unpaired) electrons. The molecule has 0 bridgehead atoms. The lowest BCUT2D eigenvalue weighted by atomic mass is 10.00. The van der Waals surface area contributed by atoms with Crippen LogP contribution in [0.25, 0.3) is 0 Å². The van der Waals surface area contributed by atoms with E-state index in [1.165, 1.54) is 14.0 Å². The normalized spacial score (nSPS) is 11.7. The highest BCUT2D eigenvalue weighted by Crippen LogP contribution is 2.13. The summed E-state index contributed by atoms with van der Waals surface area (Å²) >= 11 is 0. The molecule has 0 aliphatic rings. The van der Waals surface area contributed by atoms with Gasteiger partial charge in [0.15, 0.2) is 11.6 Å². The number of Topliss-reactive ketones (excluding diaryl/α,β-unsaturated/α-hetero) is 2. The quantitative estimate of drug-likeness (QED) is 0.256. The van der Waals surface area contributed by atoms with E-state index in [2.05, 4.69) is 0 Å². The summed E-state index contributed by atoms with van der Waals surface area (Å²) in [5.41, 5.74) is 0.595. The predicted molar refractivity (Wildman–Crippen MR) is 61.2 cm³/mol. The van der Waals surface area contributed by atoms with Gasteiger partial charge in [-0.25, -0.2) is 0 Å². The van der Waals surface area contributed by atoms with Crippen LogP contribution in [-0.2, 0) is 9.53 Å². The van der Waals surface area contributed by atoms with Crippen LogP contribution in [0.1, 0.15) is 24.2 Å². The summed E-state index contributed by atoms with van der Waals surface area (Å²) in [7, 11) is 1.44. The topological polar surface area (TPSA) is 43.4 Å². The molecule has 0 saturated carbocycles. The highest BCUT2D eigenvalue weighted by molar-refractivity contribution is 6.25. The summed E-state index contributed by atoms with van der Waals surface area (Å²) in [5, 5.41) is 0. The zero-order valence-electron chi connectivity index (χ0n) is 9.61. The van der Waals surface area contributed by atoms with Crippen LogP contribution in [0, 0.1) is 0 Å². The van der Waals surface area contributed by atoms with Gasteiger partial charge in [0, 0.05) is 5.56 Å². The lowest BCUT2D eigenvalue weighted by Gasteiger charge is -2.07. The first-order valence-electron chi connectivity index (χ1n) is 4.93. The second kappa shape index (κ2) is 5.26. The minimum Gasteiger partial charge on any atom is -0.500 e. The van der Waals surface area contributed by atoms with Gasteiger partial charge in [0.05, 0.1) is 7.11 Å². The molecule has 1 rings (SSSR count). The fraction of sp³-hybridized carbons (Fsp3) is 0.231. The van der Waals surface area contributed by atoms with Gasteiger partial charge in [-0.1, -0.05) is 30.3 Å². The van der Waals surface area contributed by atoms with Gasteiger partial charge in [0.2, 0.25) is 0 Å². The SMILES string of the molecule is CO/C(C)=C(\C(C)=O)C(=O)c1ccccc1. The van der Waals surface area contributed by atoms with Crippen LogP contribution in [0.15, 0.2) is 41.7 Å². The van der Waals surface area contributed by atoms with Crippen LogP contribution >= 0.6 is 0 Å². The average molecular weight is 218 g/mol. The van der Waals surface area contributed by atoms with E-state index in [1.807, 2.05) is 6.07 Å². The third-order valence-corrected chi connectivity index (χ3v) is 2.27. The number of rotatable bonds is 4. The van der Waals surface area contributed by atoms with E-state index in [9.17, 15) is 9.59 Å². The van der Waals surface area contributed by atoms with Crippen molar-refractivity contribution in [1.29, 1.82) is 0 Å². The summed E-state index contributed by atoms with van der Waals surface area (Å²) in [6.45, 7) is 2.97. The molecule has 0 heterocycles. The first-order chi connectivity index (χ1) is 7.57. The van der Waals surface area contributed by atoms with Crippen molar-refractivity contribution in [2.24, 2.45) is 0 Å². The van der Waals surface area contributed by atoms with E-state index in [4.69, 9.17) is 4.74 Å². The molecule has 1 aromatic carbocycles. The molecule has 0 unspecified atom stereocenters. The summed E-state index contributed by atoms with van der Waals surface area (Å²) in [6.07, 6.45) is 0. The van der Waals surface area contributed by atoms with E-state index in [0.717, 1.165) is 0 Å². The number of allylic oxidation sites excluding steroid dienone is 2. The predicted octanol–water partition coefficient (Wildman–Crippen LogP) is 2.38. The molecular weight excluding hydrogens is 204 g/mol. The van der Waals surface area contributed by atoms with Crippen LogP contribution < -0.4 is 0 Å². The average Bonchev–Trinajstić information content (AvgIpc) is 2.29. The Morgan fingerprint density at radius 1 is 1.06 bits per heavy atom. The monoisotopic (exact) mass is 218 g/mol. The Labute approximate surface area is 94.7 Å². The van der Waals surface area contributed by atoms with E-state index >= 15 is 0 Å². The number of ketones is 2. The van der Waals surface area contributed by atoms with Crippen LogP contribution in [0.2, 0.25) is 0 Å². The maximum Gasteiger partial charge on any atom is 0.199 e. The molecule has 3 nitrogen and oxygen atoms in total. The van der Waals surface area contributed by atoms with E-state index in [1.54, 1.807) is 31.2 Å². The highest BCUT2D eigenvalue weighted by atomic mass is 16.5. The summed E-state index contributed by atoms with van der Waals surface area (Å²) in [4.78, 5) is 23.4. The molecule has 0 N–H and O–H groups in total. The number of ether oxygens (including phenoxy) is 1. The van der Waals surface area contributed by atoms with Crippen molar-refractivity contribution in [1.82, 2.24) is 0 Å². The molecule has 0 saturated heterocycles. The molecule has 0 atom stereocenters. The standard InChI is InChI=1S/C13H14O3/c1-9(14)12(10(2)16-3)13(15)11-7-5-4-6-8-11/h4-8H,1-3H3/b12-10+.